The lowest BCUT2D eigenvalue weighted by molar-refractivity contribution is -0.122. The number of amides is 3. The highest BCUT2D eigenvalue weighted by Gasteiger charge is 2.26. The number of primary amides is 1. The van der Waals surface area contributed by atoms with Gasteiger partial charge in [0.2, 0.25) is 11.8 Å². The van der Waals surface area contributed by atoms with Gasteiger partial charge in [0.05, 0.1) is 0 Å². The van der Waals surface area contributed by atoms with Gasteiger partial charge in [0, 0.05) is 17.7 Å². The third-order valence-corrected chi connectivity index (χ3v) is 5.39. The predicted octanol–water partition coefficient (Wildman–Crippen LogP) is 1.84. The van der Waals surface area contributed by atoms with Gasteiger partial charge in [0.15, 0.2) is 0 Å². The lowest BCUT2D eigenvalue weighted by Crippen LogP contribution is -2.45. The van der Waals surface area contributed by atoms with E-state index in [0.29, 0.717) is 24.1 Å². The van der Waals surface area contributed by atoms with Crippen molar-refractivity contribution in [2.75, 3.05) is 6.54 Å². The molecule has 6 nitrogen and oxygen atoms in total. The minimum absolute atomic E-state index is 0.118. The number of benzene rings is 1. The van der Waals surface area contributed by atoms with Crippen molar-refractivity contribution in [1.29, 1.82) is 0 Å². The van der Waals surface area contributed by atoms with E-state index in [1.54, 1.807) is 12.1 Å². The normalized spacial score (nSPS) is 20.8. The predicted molar refractivity (Wildman–Crippen MR) is 99.0 cm³/mol. The summed E-state index contributed by atoms with van der Waals surface area (Å²) in [5.74, 6) is -0.802. The highest BCUT2D eigenvalue weighted by atomic mass is 16.2. The van der Waals surface area contributed by atoms with Crippen molar-refractivity contribution in [2.45, 2.75) is 63.8 Å². The van der Waals surface area contributed by atoms with Gasteiger partial charge in [0.25, 0.3) is 5.91 Å². The monoisotopic (exact) mass is 357 g/mol. The van der Waals surface area contributed by atoms with Crippen LogP contribution in [0.1, 0.15) is 76.8 Å². The maximum atomic E-state index is 12.9. The molecule has 1 fully saturated rings. The van der Waals surface area contributed by atoms with Crippen LogP contribution in [-0.2, 0) is 17.6 Å². The molecule has 3 amide bonds. The topological polar surface area (TPSA) is 101 Å². The minimum Gasteiger partial charge on any atom is -0.366 e. The van der Waals surface area contributed by atoms with Crippen LogP contribution < -0.4 is 16.4 Å². The summed E-state index contributed by atoms with van der Waals surface area (Å²) in [7, 11) is 0. The van der Waals surface area contributed by atoms with Crippen LogP contribution in [0.25, 0.3) is 0 Å². The maximum absolute atomic E-state index is 12.9. The van der Waals surface area contributed by atoms with Crippen LogP contribution in [0.5, 0.6) is 0 Å². The molecule has 6 heteroatoms. The van der Waals surface area contributed by atoms with Crippen LogP contribution in [0.4, 0.5) is 0 Å². The zero-order valence-corrected chi connectivity index (χ0v) is 15.1. The summed E-state index contributed by atoms with van der Waals surface area (Å²) >= 11 is 0. The van der Waals surface area contributed by atoms with Crippen molar-refractivity contribution >= 4 is 17.7 Å². The molecule has 1 unspecified atom stereocenters. The van der Waals surface area contributed by atoms with E-state index in [1.165, 1.54) is 0 Å². The van der Waals surface area contributed by atoms with E-state index >= 15 is 0 Å². The molecule has 3 rings (SSSR count). The van der Waals surface area contributed by atoms with Crippen LogP contribution in [-0.4, -0.2) is 30.3 Å². The van der Waals surface area contributed by atoms with E-state index in [9.17, 15) is 14.4 Å². The summed E-state index contributed by atoms with van der Waals surface area (Å²) < 4.78 is 0. The second-order valence-electron chi connectivity index (χ2n) is 7.21. The lowest BCUT2D eigenvalue weighted by atomic mass is 9.86. The van der Waals surface area contributed by atoms with E-state index in [1.807, 2.05) is 0 Å². The molecule has 1 aliphatic carbocycles. The van der Waals surface area contributed by atoms with Gasteiger partial charge in [-0.25, -0.2) is 0 Å². The first-order valence-corrected chi connectivity index (χ1v) is 9.61. The Labute approximate surface area is 153 Å². The Morgan fingerprint density at radius 3 is 2.31 bits per heavy atom. The van der Waals surface area contributed by atoms with Crippen molar-refractivity contribution in [3.63, 3.8) is 0 Å². The lowest BCUT2D eigenvalue weighted by Gasteiger charge is -2.21. The summed E-state index contributed by atoms with van der Waals surface area (Å²) in [6.07, 6.45) is 8.22. The number of carbonyl (C=O) groups excluding carboxylic acids is 3. The zero-order chi connectivity index (χ0) is 18.5. The summed E-state index contributed by atoms with van der Waals surface area (Å²) in [5, 5.41) is 5.73. The standard InChI is InChI=1S/C20H27N3O3/c21-18(24)15-10-11-16(14-8-4-2-1-3-7-13(14)15)19(25)23-17-9-5-6-12-22-20(17)26/h10-11,17H,1-9,12H2,(H2,21,24)(H,22,26)(H,23,25). The Morgan fingerprint density at radius 2 is 1.62 bits per heavy atom. The Morgan fingerprint density at radius 1 is 0.962 bits per heavy atom. The number of nitrogens with two attached hydrogens (primary N) is 1. The Kier molecular flexibility index (Phi) is 5.91. The Balaban J connectivity index is 1.90. The molecule has 4 N–H and O–H groups in total. The third kappa shape index (κ3) is 4.06. The molecular formula is C20H27N3O3. The van der Waals surface area contributed by atoms with Gasteiger partial charge in [-0.15, -0.1) is 0 Å². The number of carbonyl (C=O) groups is 3. The van der Waals surface area contributed by atoms with Crippen molar-refractivity contribution in [1.82, 2.24) is 10.6 Å². The van der Waals surface area contributed by atoms with Crippen molar-refractivity contribution in [2.24, 2.45) is 5.73 Å². The Hall–Kier alpha value is -2.37. The van der Waals surface area contributed by atoms with Crippen LogP contribution >= 0.6 is 0 Å². The minimum atomic E-state index is -0.495. The van der Waals surface area contributed by atoms with Crippen LogP contribution in [0.3, 0.4) is 0 Å². The zero-order valence-electron chi connectivity index (χ0n) is 15.1. The molecule has 140 valence electrons. The van der Waals surface area contributed by atoms with Gasteiger partial charge in [0.1, 0.15) is 6.04 Å². The summed E-state index contributed by atoms with van der Waals surface area (Å²) in [6.45, 7) is 0.661. The first-order valence-electron chi connectivity index (χ1n) is 9.61. The molecule has 0 bridgehead atoms. The van der Waals surface area contributed by atoms with E-state index in [4.69, 9.17) is 5.73 Å². The second kappa shape index (κ2) is 8.34. The van der Waals surface area contributed by atoms with Gasteiger partial charge >= 0.3 is 0 Å². The van der Waals surface area contributed by atoms with E-state index < -0.39 is 11.9 Å². The number of nitrogens with one attached hydrogen (secondary N) is 2. The van der Waals surface area contributed by atoms with Crippen LogP contribution in [0, 0.1) is 0 Å². The number of rotatable bonds is 3. The van der Waals surface area contributed by atoms with Crippen molar-refractivity contribution < 1.29 is 14.4 Å². The van der Waals surface area contributed by atoms with Crippen molar-refractivity contribution in [3.05, 3.63) is 34.4 Å². The molecule has 1 atom stereocenters. The molecule has 26 heavy (non-hydrogen) atoms. The largest absolute Gasteiger partial charge is 0.366 e. The average molecular weight is 357 g/mol. The molecule has 1 saturated heterocycles. The molecule has 1 aliphatic heterocycles. The van der Waals surface area contributed by atoms with Gasteiger partial charge in [-0.05, 0) is 68.2 Å². The molecule has 1 heterocycles. The van der Waals surface area contributed by atoms with Crippen molar-refractivity contribution in [3.8, 4) is 0 Å². The number of hydrogen-bond acceptors (Lipinski definition) is 3. The van der Waals surface area contributed by atoms with E-state index in [2.05, 4.69) is 10.6 Å². The molecule has 1 aromatic carbocycles. The van der Waals surface area contributed by atoms with Crippen LogP contribution in [0.15, 0.2) is 12.1 Å². The third-order valence-electron chi connectivity index (χ3n) is 5.39. The summed E-state index contributed by atoms with van der Waals surface area (Å²) in [4.78, 5) is 36.9. The first-order chi connectivity index (χ1) is 12.6. The summed E-state index contributed by atoms with van der Waals surface area (Å²) in [5.41, 5.74) is 8.47. The quantitative estimate of drug-likeness (QED) is 0.769. The molecular weight excluding hydrogens is 330 g/mol. The molecule has 2 aliphatic rings. The molecule has 0 saturated carbocycles. The first kappa shape index (κ1) is 18.4. The highest BCUT2D eigenvalue weighted by molar-refractivity contribution is 6.01. The fourth-order valence-corrected chi connectivity index (χ4v) is 3.98. The van der Waals surface area contributed by atoms with E-state index in [0.717, 1.165) is 62.5 Å². The smallest absolute Gasteiger partial charge is 0.252 e. The summed E-state index contributed by atoms with van der Waals surface area (Å²) in [6, 6.07) is 2.85. The fourth-order valence-electron chi connectivity index (χ4n) is 3.98. The van der Waals surface area contributed by atoms with Gasteiger partial charge in [-0.1, -0.05) is 12.8 Å². The second-order valence-corrected chi connectivity index (χ2v) is 7.21. The maximum Gasteiger partial charge on any atom is 0.252 e. The van der Waals surface area contributed by atoms with Gasteiger partial charge in [-0.2, -0.15) is 0 Å². The molecule has 0 spiro atoms. The fraction of sp³-hybridized carbons (Fsp3) is 0.550. The number of fused-ring (bicyclic) bond motifs is 1. The van der Waals surface area contributed by atoms with Crippen LogP contribution in [0.2, 0.25) is 0 Å². The number of hydrogen-bond donors (Lipinski definition) is 3. The molecule has 0 radical (unpaired) electrons. The van der Waals surface area contributed by atoms with Gasteiger partial charge in [-0.3, -0.25) is 14.4 Å². The molecule has 1 aromatic rings. The average Bonchev–Trinajstić information content (AvgIpc) is 2.79. The molecule has 0 aromatic heterocycles. The Bertz CT molecular complexity index is 714. The highest BCUT2D eigenvalue weighted by Crippen LogP contribution is 2.27. The van der Waals surface area contributed by atoms with E-state index in [-0.39, 0.29) is 11.8 Å². The SMILES string of the molecule is NC(=O)c1ccc(C(=O)NC2CCCCNC2=O)c2c1CCCCCC2. The van der Waals surface area contributed by atoms with Gasteiger partial charge < -0.3 is 16.4 Å².